The van der Waals surface area contributed by atoms with E-state index in [9.17, 15) is 4.79 Å². The topological polar surface area (TPSA) is 37.7 Å². The van der Waals surface area contributed by atoms with Crippen molar-refractivity contribution in [3.63, 3.8) is 0 Å². The van der Waals surface area contributed by atoms with Crippen LogP contribution in [0.25, 0.3) is 0 Å². The fraction of sp³-hybridized carbons (Fsp3) is 0.500. The number of nitrogens with zero attached hydrogens (tertiary/aromatic N) is 3. The molecule has 1 saturated heterocycles. The van der Waals surface area contributed by atoms with Crippen LogP contribution in [-0.2, 0) is 13.0 Å². The molecular weight excluding hydrogens is 374 g/mol. The van der Waals surface area contributed by atoms with E-state index in [0.717, 1.165) is 75.5 Å². The number of halogens is 1. The van der Waals surface area contributed by atoms with Crippen LogP contribution in [0.4, 0.5) is 5.69 Å². The highest BCUT2D eigenvalue weighted by molar-refractivity contribution is 6.30. The van der Waals surface area contributed by atoms with E-state index >= 15 is 0 Å². The third-order valence-corrected chi connectivity index (χ3v) is 6.16. The van der Waals surface area contributed by atoms with E-state index < -0.39 is 0 Å². The monoisotopic (exact) mass is 401 g/mol. The summed E-state index contributed by atoms with van der Waals surface area (Å²) in [4.78, 5) is 16.9. The molecule has 150 valence electrons. The summed E-state index contributed by atoms with van der Waals surface area (Å²) in [6.07, 6.45) is 5.94. The maximum atomic E-state index is 12.0. The normalized spacial score (nSPS) is 17.6. The molecule has 0 bridgehead atoms. The second-order valence-electron chi connectivity index (χ2n) is 7.64. The number of rotatable bonds is 6. The molecule has 2 aromatic rings. The number of piperazine rings is 1. The van der Waals surface area contributed by atoms with Crippen LogP contribution in [0.1, 0.15) is 35.3 Å². The summed E-state index contributed by atoms with van der Waals surface area (Å²) in [5.74, 6) is 1.15. The number of ether oxygens (including phenoxy) is 1. The second-order valence-corrected chi connectivity index (χ2v) is 8.08. The van der Waals surface area contributed by atoms with E-state index in [2.05, 4.69) is 20.6 Å². The summed E-state index contributed by atoms with van der Waals surface area (Å²) in [5.41, 5.74) is 3.32. The van der Waals surface area contributed by atoms with Crippen molar-refractivity contribution < 1.29 is 9.53 Å². The first kappa shape index (κ1) is 19.3. The predicted molar refractivity (Wildman–Crippen MR) is 113 cm³/mol. The molecule has 28 heavy (non-hydrogen) atoms. The molecule has 4 rings (SSSR count). The van der Waals surface area contributed by atoms with E-state index in [1.165, 1.54) is 5.69 Å². The third-order valence-electron chi connectivity index (χ3n) is 5.92. The molecule has 2 aliphatic rings. The number of methoxy groups -OCH3 is 1. The zero-order valence-corrected chi connectivity index (χ0v) is 17.2. The van der Waals surface area contributed by atoms with E-state index in [1.807, 2.05) is 24.3 Å². The number of Topliss-reactive ketones (excluding diaryl/α,β-unsaturated/α-hetero) is 1. The van der Waals surface area contributed by atoms with Gasteiger partial charge in [-0.1, -0.05) is 11.6 Å². The van der Waals surface area contributed by atoms with Gasteiger partial charge in [0.25, 0.3) is 0 Å². The first-order chi connectivity index (χ1) is 13.7. The summed E-state index contributed by atoms with van der Waals surface area (Å²) in [6.45, 7) is 6.17. The number of aryl methyl sites for hydroxylation is 1. The van der Waals surface area contributed by atoms with Gasteiger partial charge in [0.1, 0.15) is 5.75 Å². The van der Waals surface area contributed by atoms with Gasteiger partial charge in [-0.2, -0.15) is 0 Å². The highest BCUT2D eigenvalue weighted by Gasteiger charge is 2.22. The van der Waals surface area contributed by atoms with Gasteiger partial charge in [0.2, 0.25) is 0 Å². The minimum Gasteiger partial charge on any atom is -0.495 e. The number of benzene rings is 1. The first-order valence-corrected chi connectivity index (χ1v) is 10.6. The van der Waals surface area contributed by atoms with Gasteiger partial charge in [-0.25, -0.2) is 0 Å². The average molecular weight is 402 g/mol. The summed E-state index contributed by atoms with van der Waals surface area (Å²) >= 11 is 6.08. The Morgan fingerprint density at radius 3 is 2.68 bits per heavy atom. The highest BCUT2D eigenvalue weighted by atomic mass is 35.5. The van der Waals surface area contributed by atoms with Gasteiger partial charge in [-0.15, -0.1) is 0 Å². The third kappa shape index (κ3) is 4.06. The SMILES string of the molecule is COc1cc(Cl)ccc1N1CCN(CCCn2ccc3c2CCCC3=O)CC1. The Morgan fingerprint density at radius 1 is 1.07 bits per heavy atom. The van der Waals surface area contributed by atoms with Crippen LogP contribution in [0.5, 0.6) is 5.75 Å². The van der Waals surface area contributed by atoms with Crippen LogP contribution in [-0.4, -0.2) is 55.1 Å². The van der Waals surface area contributed by atoms with E-state index in [1.54, 1.807) is 7.11 Å². The summed E-state index contributed by atoms with van der Waals surface area (Å²) in [5, 5.41) is 0.702. The number of ketones is 1. The molecule has 1 aromatic heterocycles. The predicted octanol–water partition coefficient (Wildman–Crippen LogP) is 3.88. The van der Waals surface area contributed by atoms with E-state index in [-0.39, 0.29) is 0 Å². The zero-order valence-electron chi connectivity index (χ0n) is 16.5. The first-order valence-electron chi connectivity index (χ1n) is 10.2. The Balaban J connectivity index is 1.27. The lowest BCUT2D eigenvalue weighted by atomic mass is 9.97. The van der Waals surface area contributed by atoms with Crippen molar-refractivity contribution in [3.05, 3.63) is 46.7 Å². The minimum absolute atomic E-state index is 0.314. The molecule has 0 saturated carbocycles. The van der Waals surface area contributed by atoms with Crippen LogP contribution in [0.2, 0.25) is 5.02 Å². The maximum absolute atomic E-state index is 12.0. The molecule has 0 N–H and O–H groups in total. The molecule has 0 unspecified atom stereocenters. The average Bonchev–Trinajstić information content (AvgIpc) is 3.13. The molecule has 0 radical (unpaired) electrons. The Kier molecular flexibility index (Phi) is 5.93. The van der Waals surface area contributed by atoms with E-state index in [4.69, 9.17) is 16.3 Å². The van der Waals surface area contributed by atoms with Crippen molar-refractivity contribution in [1.29, 1.82) is 0 Å². The van der Waals surface area contributed by atoms with Crippen molar-refractivity contribution in [2.24, 2.45) is 0 Å². The molecule has 1 aromatic carbocycles. The standard InChI is InChI=1S/C22H28ClN3O2/c1-28-22-16-17(23)6-7-20(22)26-14-12-24(13-15-26)9-3-10-25-11-8-18-19(25)4-2-5-21(18)27/h6-8,11,16H,2-5,9-10,12-15H2,1H3. The lowest BCUT2D eigenvalue weighted by Crippen LogP contribution is -2.46. The minimum atomic E-state index is 0.314. The van der Waals surface area contributed by atoms with Gasteiger partial charge < -0.3 is 14.2 Å². The van der Waals surface area contributed by atoms with Crippen LogP contribution >= 0.6 is 11.6 Å². The maximum Gasteiger partial charge on any atom is 0.164 e. The summed E-state index contributed by atoms with van der Waals surface area (Å²) in [7, 11) is 1.69. The number of aromatic nitrogens is 1. The van der Waals surface area contributed by atoms with Gasteiger partial charge in [0.15, 0.2) is 5.78 Å². The summed E-state index contributed by atoms with van der Waals surface area (Å²) in [6, 6.07) is 7.86. The smallest absolute Gasteiger partial charge is 0.164 e. The lowest BCUT2D eigenvalue weighted by Gasteiger charge is -2.36. The fourth-order valence-corrected chi connectivity index (χ4v) is 4.55. The summed E-state index contributed by atoms with van der Waals surface area (Å²) < 4.78 is 7.79. The molecule has 6 heteroatoms. The van der Waals surface area contributed by atoms with Crippen LogP contribution in [0.3, 0.4) is 0 Å². The number of carbonyl (C=O) groups is 1. The van der Waals surface area contributed by atoms with Crippen molar-refractivity contribution in [2.45, 2.75) is 32.2 Å². The van der Waals surface area contributed by atoms with Gasteiger partial charge in [0.05, 0.1) is 12.8 Å². The van der Waals surface area contributed by atoms with Gasteiger partial charge in [-0.3, -0.25) is 9.69 Å². The van der Waals surface area contributed by atoms with Gasteiger partial charge in [0, 0.05) is 67.7 Å². The Labute approximate surface area is 171 Å². The number of carbonyl (C=O) groups excluding carboxylic acids is 1. The number of hydrogen-bond donors (Lipinski definition) is 0. The van der Waals surface area contributed by atoms with Gasteiger partial charge >= 0.3 is 0 Å². The molecule has 0 atom stereocenters. The Morgan fingerprint density at radius 2 is 1.89 bits per heavy atom. The van der Waals surface area contributed by atoms with Crippen molar-refractivity contribution in [3.8, 4) is 5.75 Å². The molecule has 1 aliphatic heterocycles. The largest absolute Gasteiger partial charge is 0.495 e. The molecule has 2 heterocycles. The molecule has 0 spiro atoms. The van der Waals surface area contributed by atoms with Crippen LogP contribution in [0, 0.1) is 0 Å². The molecular formula is C22H28ClN3O2. The van der Waals surface area contributed by atoms with Gasteiger partial charge in [-0.05, 0) is 44.0 Å². The second kappa shape index (κ2) is 8.58. The molecule has 1 fully saturated rings. The van der Waals surface area contributed by atoms with Crippen molar-refractivity contribution in [1.82, 2.24) is 9.47 Å². The highest BCUT2D eigenvalue weighted by Crippen LogP contribution is 2.31. The number of anilines is 1. The Hall–Kier alpha value is -1.98. The fourth-order valence-electron chi connectivity index (χ4n) is 4.39. The van der Waals surface area contributed by atoms with E-state index in [0.29, 0.717) is 17.2 Å². The van der Waals surface area contributed by atoms with Crippen LogP contribution in [0.15, 0.2) is 30.5 Å². The zero-order chi connectivity index (χ0) is 19.5. The van der Waals surface area contributed by atoms with Crippen molar-refractivity contribution in [2.75, 3.05) is 44.7 Å². The van der Waals surface area contributed by atoms with Crippen LogP contribution < -0.4 is 9.64 Å². The number of fused-ring (bicyclic) bond motifs is 1. The quantitative estimate of drug-likeness (QED) is 0.736. The van der Waals surface area contributed by atoms with Crippen molar-refractivity contribution >= 4 is 23.1 Å². The molecule has 5 nitrogen and oxygen atoms in total. The molecule has 0 amide bonds. The molecule has 1 aliphatic carbocycles. The lowest BCUT2D eigenvalue weighted by molar-refractivity contribution is 0.0971. The Bertz CT molecular complexity index is 840. The number of hydrogen-bond acceptors (Lipinski definition) is 4.